The fourth-order valence-corrected chi connectivity index (χ4v) is 3.70. The van der Waals surface area contributed by atoms with Gasteiger partial charge in [0.2, 0.25) is 5.91 Å². The van der Waals surface area contributed by atoms with Gasteiger partial charge in [-0.2, -0.15) is 0 Å². The minimum Gasteiger partial charge on any atom is -0.492 e. The molecule has 126 valence electrons. The Hall–Kier alpha value is -1.30. The summed E-state index contributed by atoms with van der Waals surface area (Å²) in [5.74, 6) is 0.760. The van der Waals surface area contributed by atoms with E-state index in [-0.39, 0.29) is 11.9 Å². The number of carbonyl (C=O) groups excluding carboxylic acids is 1. The quantitative estimate of drug-likeness (QED) is 0.884. The van der Waals surface area contributed by atoms with Crippen molar-refractivity contribution < 1.29 is 14.3 Å². The molecule has 1 atom stereocenters. The third kappa shape index (κ3) is 3.32. The summed E-state index contributed by atoms with van der Waals surface area (Å²) in [6, 6.07) is 5.61. The van der Waals surface area contributed by atoms with E-state index in [4.69, 9.17) is 21.1 Å². The number of hydrogen-bond acceptors (Lipinski definition) is 4. The van der Waals surface area contributed by atoms with E-state index < -0.39 is 5.41 Å². The maximum atomic E-state index is 13.0. The van der Waals surface area contributed by atoms with E-state index >= 15 is 0 Å². The van der Waals surface area contributed by atoms with Crippen molar-refractivity contribution in [3.05, 3.63) is 28.8 Å². The van der Waals surface area contributed by atoms with Crippen LogP contribution in [0.2, 0.25) is 5.02 Å². The van der Waals surface area contributed by atoms with E-state index in [2.05, 4.69) is 10.6 Å². The molecular formula is C17H23ClN2O3. The minimum absolute atomic E-state index is 0.0615. The van der Waals surface area contributed by atoms with Gasteiger partial charge in [0.05, 0.1) is 29.7 Å². The zero-order chi connectivity index (χ0) is 16.3. The van der Waals surface area contributed by atoms with Gasteiger partial charge in [0.25, 0.3) is 0 Å². The number of methoxy groups -OCH3 is 1. The van der Waals surface area contributed by atoms with Crippen molar-refractivity contribution in [2.45, 2.75) is 25.3 Å². The van der Waals surface area contributed by atoms with E-state index in [0.29, 0.717) is 24.0 Å². The second-order valence-corrected chi connectivity index (χ2v) is 6.69. The lowest BCUT2D eigenvalue weighted by molar-refractivity contribution is -0.137. The number of ether oxygens (including phenoxy) is 2. The van der Waals surface area contributed by atoms with E-state index in [1.807, 2.05) is 18.2 Å². The van der Waals surface area contributed by atoms with E-state index in [0.717, 1.165) is 37.9 Å². The van der Waals surface area contributed by atoms with Crippen LogP contribution < -0.4 is 15.4 Å². The summed E-state index contributed by atoms with van der Waals surface area (Å²) in [5.41, 5.74) is 0.510. The third-order valence-electron chi connectivity index (χ3n) is 4.79. The summed E-state index contributed by atoms with van der Waals surface area (Å²) in [7, 11) is 1.65. The first-order valence-corrected chi connectivity index (χ1v) is 8.46. The third-order valence-corrected chi connectivity index (χ3v) is 5.09. The first kappa shape index (κ1) is 16.6. The van der Waals surface area contributed by atoms with Crippen molar-refractivity contribution in [2.75, 3.05) is 33.4 Å². The number of halogens is 1. The Morgan fingerprint density at radius 2 is 2.26 bits per heavy atom. The molecule has 6 heteroatoms. The van der Waals surface area contributed by atoms with Crippen LogP contribution in [0.1, 0.15) is 30.9 Å². The average molecular weight is 339 g/mol. The van der Waals surface area contributed by atoms with Gasteiger partial charge in [0.15, 0.2) is 0 Å². The lowest BCUT2D eigenvalue weighted by Crippen LogP contribution is -2.51. The Bertz CT molecular complexity index is 567. The summed E-state index contributed by atoms with van der Waals surface area (Å²) in [6.07, 6.45) is 2.33. The molecule has 1 aromatic rings. The first-order chi connectivity index (χ1) is 11.2. The number of fused-ring (bicyclic) bond motifs is 1. The molecule has 1 fully saturated rings. The number of benzene rings is 1. The molecule has 2 aliphatic heterocycles. The molecule has 2 heterocycles. The Labute approximate surface area is 141 Å². The number of rotatable bonds is 4. The molecule has 1 aromatic carbocycles. The zero-order valence-electron chi connectivity index (χ0n) is 13.4. The van der Waals surface area contributed by atoms with Gasteiger partial charge in [-0.05, 0) is 32.0 Å². The van der Waals surface area contributed by atoms with Crippen molar-refractivity contribution in [1.82, 2.24) is 10.6 Å². The van der Waals surface area contributed by atoms with Gasteiger partial charge < -0.3 is 20.1 Å². The largest absolute Gasteiger partial charge is 0.492 e. The van der Waals surface area contributed by atoms with Gasteiger partial charge in [-0.25, -0.2) is 0 Å². The van der Waals surface area contributed by atoms with Crippen LogP contribution in [0.25, 0.3) is 0 Å². The molecule has 2 N–H and O–H groups in total. The number of amides is 1. The fraction of sp³-hybridized carbons (Fsp3) is 0.588. The van der Waals surface area contributed by atoms with Crippen LogP contribution >= 0.6 is 11.6 Å². The monoisotopic (exact) mass is 338 g/mol. The molecule has 0 saturated carbocycles. The summed E-state index contributed by atoms with van der Waals surface area (Å²) >= 11 is 6.20. The molecule has 3 rings (SSSR count). The van der Waals surface area contributed by atoms with Crippen molar-refractivity contribution in [2.24, 2.45) is 5.41 Å². The SMILES string of the molecule is COCC1(C(=O)NC2CCOc3c(Cl)cccc32)CCNCC1. The topological polar surface area (TPSA) is 59.6 Å². The lowest BCUT2D eigenvalue weighted by atomic mass is 9.78. The predicted octanol–water partition coefficient (Wildman–Crippen LogP) is 2.30. The lowest BCUT2D eigenvalue weighted by Gasteiger charge is -2.37. The number of piperidine rings is 1. The van der Waals surface area contributed by atoms with Crippen molar-refractivity contribution in [3.8, 4) is 5.75 Å². The Balaban J connectivity index is 1.79. The van der Waals surface area contributed by atoms with E-state index in [1.165, 1.54) is 0 Å². The smallest absolute Gasteiger partial charge is 0.229 e. The maximum Gasteiger partial charge on any atom is 0.229 e. The Morgan fingerprint density at radius 3 is 3.00 bits per heavy atom. The average Bonchev–Trinajstić information content (AvgIpc) is 2.57. The first-order valence-electron chi connectivity index (χ1n) is 8.08. The van der Waals surface area contributed by atoms with Crippen LogP contribution in [0.3, 0.4) is 0 Å². The van der Waals surface area contributed by atoms with Crippen LogP contribution in [0.4, 0.5) is 0 Å². The fourth-order valence-electron chi connectivity index (χ4n) is 3.47. The molecule has 5 nitrogen and oxygen atoms in total. The molecule has 0 radical (unpaired) electrons. The number of para-hydroxylation sites is 1. The van der Waals surface area contributed by atoms with Gasteiger partial charge >= 0.3 is 0 Å². The van der Waals surface area contributed by atoms with Crippen molar-refractivity contribution in [3.63, 3.8) is 0 Å². The molecular weight excluding hydrogens is 316 g/mol. The molecule has 0 spiro atoms. The summed E-state index contributed by atoms with van der Waals surface area (Å²) in [6.45, 7) is 2.69. The van der Waals surface area contributed by atoms with Gasteiger partial charge in [-0.15, -0.1) is 0 Å². The van der Waals surface area contributed by atoms with Gasteiger partial charge in [-0.3, -0.25) is 4.79 Å². The molecule has 23 heavy (non-hydrogen) atoms. The summed E-state index contributed by atoms with van der Waals surface area (Å²) in [4.78, 5) is 13.0. The minimum atomic E-state index is -0.447. The van der Waals surface area contributed by atoms with E-state index in [9.17, 15) is 4.79 Å². The van der Waals surface area contributed by atoms with Crippen LogP contribution in [0.15, 0.2) is 18.2 Å². The number of carbonyl (C=O) groups is 1. The molecule has 0 aliphatic carbocycles. The normalized spacial score (nSPS) is 22.8. The van der Waals surface area contributed by atoms with Crippen LogP contribution in [-0.2, 0) is 9.53 Å². The molecule has 1 saturated heterocycles. The van der Waals surface area contributed by atoms with Crippen molar-refractivity contribution in [1.29, 1.82) is 0 Å². The van der Waals surface area contributed by atoms with Gasteiger partial charge in [0.1, 0.15) is 5.75 Å². The number of hydrogen-bond donors (Lipinski definition) is 2. The summed E-state index contributed by atoms with van der Waals surface area (Å²) < 4.78 is 11.0. The second-order valence-electron chi connectivity index (χ2n) is 6.28. The highest BCUT2D eigenvalue weighted by atomic mass is 35.5. The van der Waals surface area contributed by atoms with Crippen molar-refractivity contribution >= 4 is 17.5 Å². The second kappa shape index (κ2) is 7.07. The standard InChI is InChI=1S/C17H23ClN2O3/c1-22-11-17(6-8-19-9-7-17)16(21)20-14-5-10-23-15-12(14)3-2-4-13(15)18/h2-4,14,19H,5-11H2,1H3,(H,20,21). The molecule has 0 aromatic heterocycles. The van der Waals surface area contributed by atoms with Gasteiger partial charge in [-0.1, -0.05) is 23.7 Å². The molecule has 0 bridgehead atoms. The number of nitrogens with one attached hydrogen (secondary N) is 2. The highest BCUT2D eigenvalue weighted by Gasteiger charge is 2.41. The van der Waals surface area contributed by atoms with Gasteiger partial charge in [0, 0.05) is 19.1 Å². The predicted molar refractivity (Wildman–Crippen MR) is 88.9 cm³/mol. The maximum absolute atomic E-state index is 13.0. The zero-order valence-corrected chi connectivity index (χ0v) is 14.1. The Kier molecular flexibility index (Phi) is 5.09. The highest BCUT2D eigenvalue weighted by Crippen LogP contribution is 2.38. The highest BCUT2D eigenvalue weighted by molar-refractivity contribution is 6.32. The Morgan fingerprint density at radius 1 is 1.48 bits per heavy atom. The van der Waals surface area contributed by atoms with Crippen LogP contribution in [-0.4, -0.2) is 39.3 Å². The van der Waals surface area contributed by atoms with Crippen LogP contribution in [0.5, 0.6) is 5.75 Å². The summed E-state index contributed by atoms with van der Waals surface area (Å²) in [5, 5.41) is 7.11. The molecule has 2 aliphatic rings. The molecule has 1 unspecified atom stereocenters. The van der Waals surface area contributed by atoms with Crippen LogP contribution in [0, 0.1) is 5.41 Å². The molecule has 1 amide bonds. The van der Waals surface area contributed by atoms with E-state index in [1.54, 1.807) is 7.11 Å².